The van der Waals surface area contributed by atoms with Gasteiger partial charge in [-0.1, -0.05) is 63.6 Å². The van der Waals surface area contributed by atoms with E-state index >= 15 is 0 Å². The molecule has 1 rings (SSSR count). The molecule has 0 spiro atoms. The molecule has 1 aromatic carbocycles. The topological polar surface area (TPSA) is 63.6 Å². The third-order valence-corrected chi connectivity index (χ3v) is 5.16. The normalized spacial score (nSPS) is 13.0. The standard InChI is InChI=1S/C18H30O4S/c1-3-4-5-6-7-8-9-12-17-13-10-11-14-18(17)22-15-16(2)23(19,20)21/h10-11,13-14,16H,3-9,12,15H2,1-2H3,(H,19,20,21). The van der Waals surface area contributed by atoms with E-state index < -0.39 is 15.4 Å². The van der Waals surface area contributed by atoms with Gasteiger partial charge in [-0.15, -0.1) is 0 Å². The van der Waals surface area contributed by atoms with Gasteiger partial charge in [-0.25, -0.2) is 0 Å². The maximum absolute atomic E-state index is 11.0. The summed E-state index contributed by atoms with van der Waals surface area (Å²) < 4.78 is 36.6. The van der Waals surface area contributed by atoms with Crippen molar-refractivity contribution in [3.63, 3.8) is 0 Å². The zero-order chi connectivity index (χ0) is 17.1. The first kappa shape index (κ1) is 20.0. The van der Waals surface area contributed by atoms with E-state index in [4.69, 9.17) is 9.29 Å². The fourth-order valence-electron chi connectivity index (χ4n) is 2.42. The Labute approximate surface area is 141 Å². The number of ether oxygens (including phenoxy) is 1. The van der Waals surface area contributed by atoms with Crippen molar-refractivity contribution >= 4 is 10.1 Å². The molecule has 0 bridgehead atoms. The highest BCUT2D eigenvalue weighted by Gasteiger charge is 2.18. The summed E-state index contributed by atoms with van der Waals surface area (Å²) in [6, 6.07) is 7.72. The lowest BCUT2D eigenvalue weighted by Crippen LogP contribution is -2.24. The number of rotatable bonds is 12. The molecular formula is C18H30O4S. The minimum atomic E-state index is -4.04. The molecule has 0 aliphatic heterocycles. The molecule has 0 heterocycles. The maximum Gasteiger partial charge on any atom is 0.270 e. The average molecular weight is 343 g/mol. The molecule has 5 heteroatoms. The summed E-state index contributed by atoms with van der Waals surface area (Å²) in [7, 11) is -4.04. The van der Waals surface area contributed by atoms with Gasteiger partial charge >= 0.3 is 0 Å². The molecule has 0 fully saturated rings. The highest BCUT2D eigenvalue weighted by Crippen LogP contribution is 2.21. The lowest BCUT2D eigenvalue weighted by Gasteiger charge is -2.14. The Hall–Kier alpha value is -1.07. The first-order chi connectivity index (χ1) is 10.9. The van der Waals surface area contributed by atoms with E-state index in [0.717, 1.165) is 18.4 Å². The fraction of sp³-hybridized carbons (Fsp3) is 0.667. The molecule has 1 N–H and O–H groups in total. The number of aryl methyl sites for hydroxylation is 1. The summed E-state index contributed by atoms with van der Waals surface area (Å²) >= 11 is 0. The molecule has 0 saturated carbocycles. The van der Waals surface area contributed by atoms with Crippen LogP contribution in [-0.2, 0) is 16.5 Å². The van der Waals surface area contributed by atoms with Gasteiger partial charge in [-0.3, -0.25) is 4.55 Å². The van der Waals surface area contributed by atoms with Crippen LogP contribution in [0.3, 0.4) is 0 Å². The number of hydrogen-bond acceptors (Lipinski definition) is 3. The summed E-state index contributed by atoms with van der Waals surface area (Å²) in [5, 5.41) is -0.922. The quantitative estimate of drug-likeness (QED) is 0.444. The van der Waals surface area contributed by atoms with Crippen molar-refractivity contribution in [2.75, 3.05) is 6.61 Å². The maximum atomic E-state index is 11.0. The smallest absolute Gasteiger partial charge is 0.270 e. The number of para-hydroxylation sites is 1. The van der Waals surface area contributed by atoms with Gasteiger partial charge in [0.2, 0.25) is 0 Å². The monoisotopic (exact) mass is 342 g/mol. The van der Waals surface area contributed by atoms with E-state index in [1.165, 1.54) is 45.4 Å². The molecule has 23 heavy (non-hydrogen) atoms. The number of hydrogen-bond donors (Lipinski definition) is 1. The molecular weight excluding hydrogens is 312 g/mol. The molecule has 0 aromatic heterocycles. The highest BCUT2D eigenvalue weighted by molar-refractivity contribution is 7.86. The first-order valence-electron chi connectivity index (χ1n) is 8.62. The summed E-state index contributed by atoms with van der Waals surface area (Å²) in [5.41, 5.74) is 1.10. The minimum absolute atomic E-state index is 0.0349. The van der Waals surface area contributed by atoms with Crippen LogP contribution in [0, 0.1) is 0 Å². The highest BCUT2D eigenvalue weighted by atomic mass is 32.2. The average Bonchev–Trinajstić information content (AvgIpc) is 2.51. The summed E-state index contributed by atoms with van der Waals surface area (Å²) in [5.74, 6) is 0.717. The van der Waals surface area contributed by atoms with Gasteiger partial charge in [0.25, 0.3) is 10.1 Å². The van der Waals surface area contributed by atoms with Crippen molar-refractivity contribution in [1.82, 2.24) is 0 Å². The second kappa shape index (κ2) is 10.7. The Kier molecular flexibility index (Phi) is 9.26. The second-order valence-corrected chi connectivity index (χ2v) is 7.95. The Bertz CT molecular complexity index is 540. The molecule has 1 unspecified atom stereocenters. The molecule has 1 atom stereocenters. The van der Waals surface area contributed by atoms with Crippen LogP contribution in [0.5, 0.6) is 5.75 Å². The molecule has 0 aliphatic rings. The lowest BCUT2D eigenvalue weighted by atomic mass is 10.0. The van der Waals surface area contributed by atoms with E-state index in [-0.39, 0.29) is 6.61 Å². The van der Waals surface area contributed by atoms with Gasteiger partial charge in [0.15, 0.2) is 0 Å². The summed E-state index contributed by atoms with van der Waals surface area (Å²) in [4.78, 5) is 0. The Morgan fingerprint density at radius 2 is 1.65 bits per heavy atom. The van der Waals surface area contributed by atoms with Gasteiger partial charge in [-0.05, 0) is 31.4 Å². The van der Waals surface area contributed by atoms with Crippen LogP contribution in [0.2, 0.25) is 0 Å². The van der Waals surface area contributed by atoms with Crippen LogP contribution >= 0.6 is 0 Å². The summed E-state index contributed by atoms with van der Waals surface area (Å²) in [6.07, 6.45) is 9.74. The van der Waals surface area contributed by atoms with E-state index in [2.05, 4.69) is 6.92 Å². The van der Waals surface area contributed by atoms with E-state index in [1.54, 1.807) is 0 Å². The molecule has 4 nitrogen and oxygen atoms in total. The van der Waals surface area contributed by atoms with Crippen molar-refractivity contribution < 1.29 is 17.7 Å². The second-order valence-electron chi connectivity index (χ2n) is 6.12. The zero-order valence-electron chi connectivity index (χ0n) is 14.3. The third kappa shape index (κ3) is 8.37. The molecule has 0 saturated heterocycles. The molecule has 0 amide bonds. The SMILES string of the molecule is CCCCCCCCCc1ccccc1OCC(C)S(=O)(=O)O. The van der Waals surface area contributed by atoms with Gasteiger partial charge in [-0.2, -0.15) is 8.42 Å². The molecule has 1 aromatic rings. The van der Waals surface area contributed by atoms with E-state index in [9.17, 15) is 8.42 Å². The number of benzene rings is 1. The van der Waals surface area contributed by atoms with Crippen molar-refractivity contribution in [2.24, 2.45) is 0 Å². The minimum Gasteiger partial charge on any atom is -0.492 e. The van der Waals surface area contributed by atoms with E-state index in [1.807, 2.05) is 24.3 Å². The van der Waals surface area contributed by atoms with Crippen LogP contribution in [-0.4, -0.2) is 24.8 Å². The molecule has 132 valence electrons. The predicted molar refractivity (Wildman–Crippen MR) is 94.6 cm³/mol. The number of unbranched alkanes of at least 4 members (excludes halogenated alkanes) is 6. The van der Waals surface area contributed by atoms with Crippen LogP contribution < -0.4 is 4.74 Å². The van der Waals surface area contributed by atoms with Gasteiger partial charge in [0.05, 0.1) is 0 Å². The molecule has 0 radical (unpaired) electrons. The zero-order valence-corrected chi connectivity index (χ0v) is 15.1. The van der Waals surface area contributed by atoms with Crippen molar-refractivity contribution in [2.45, 2.75) is 70.5 Å². The van der Waals surface area contributed by atoms with Crippen molar-refractivity contribution in [1.29, 1.82) is 0 Å². The fourth-order valence-corrected chi connectivity index (χ4v) is 2.66. The van der Waals surface area contributed by atoms with Crippen LogP contribution in [0.15, 0.2) is 24.3 Å². The van der Waals surface area contributed by atoms with Crippen LogP contribution in [0.1, 0.15) is 64.4 Å². The van der Waals surface area contributed by atoms with Gasteiger partial charge in [0, 0.05) is 0 Å². The van der Waals surface area contributed by atoms with Crippen LogP contribution in [0.4, 0.5) is 0 Å². The Morgan fingerprint density at radius 3 is 2.30 bits per heavy atom. The van der Waals surface area contributed by atoms with Gasteiger partial charge in [0.1, 0.15) is 17.6 Å². The van der Waals surface area contributed by atoms with Gasteiger partial charge < -0.3 is 4.74 Å². The Morgan fingerprint density at radius 1 is 1.04 bits per heavy atom. The largest absolute Gasteiger partial charge is 0.492 e. The van der Waals surface area contributed by atoms with Crippen molar-refractivity contribution in [3.05, 3.63) is 29.8 Å². The first-order valence-corrected chi connectivity index (χ1v) is 10.1. The lowest BCUT2D eigenvalue weighted by molar-refractivity contribution is 0.307. The van der Waals surface area contributed by atoms with Crippen molar-refractivity contribution in [3.8, 4) is 5.75 Å². The van der Waals surface area contributed by atoms with E-state index in [0.29, 0.717) is 5.75 Å². The Balaban J connectivity index is 2.39. The van der Waals surface area contributed by atoms with Crippen LogP contribution in [0.25, 0.3) is 0 Å². The third-order valence-electron chi connectivity index (χ3n) is 4.00. The predicted octanol–water partition coefficient (Wildman–Crippen LogP) is 4.63. The molecule has 0 aliphatic carbocycles. The summed E-state index contributed by atoms with van der Waals surface area (Å²) in [6.45, 7) is 3.63.